The summed E-state index contributed by atoms with van der Waals surface area (Å²) < 4.78 is 24.8. The first kappa shape index (κ1) is 19.1. The van der Waals surface area contributed by atoms with Gasteiger partial charge in [-0.2, -0.15) is 0 Å². The summed E-state index contributed by atoms with van der Waals surface area (Å²) in [6.45, 7) is 2.28. The summed E-state index contributed by atoms with van der Waals surface area (Å²) in [5, 5.41) is 2.86. The summed E-state index contributed by atoms with van der Waals surface area (Å²) in [7, 11) is 1.70. The molecule has 0 aliphatic heterocycles. The molecule has 1 heterocycles. The van der Waals surface area contributed by atoms with Gasteiger partial charge in [0.1, 0.15) is 28.8 Å². The van der Waals surface area contributed by atoms with E-state index in [1.807, 2.05) is 29.6 Å². The Morgan fingerprint density at radius 3 is 2.74 bits per heavy atom. The van der Waals surface area contributed by atoms with E-state index in [-0.39, 0.29) is 12.4 Å². The molecule has 1 aromatic heterocycles. The molecule has 27 heavy (non-hydrogen) atoms. The van der Waals surface area contributed by atoms with E-state index in [4.69, 9.17) is 9.47 Å². The topological polar surface area (TPSA) is 31.4 Å². The molecule has 0 radical (unpaired) electrons. The molecule has 0 N–H and O–H groups in total. The predicted molar refractivity (Wildman–Crippen MR) is 105 cm³/mol. The van der Waals surface area contributed by atoms with Crippen LogP contribution in [0.5, 0.6) is 5.75 Å². The van der Waals surface area contributed by atoms with Gasteiger partial charge in [-0.05, 0) is 42.3 Å². The third kappa shape index (κ3) is 4.36. The van der Waals surface area contributed by atoms with Crippen LogP contribution in [0.2, 0.25) is 0 Å². The number of rotatable bonds is 6. The average molecular weight is 381 g/mol. The lowest BCUT2D eigenvalue weighted by molar-refractivity contribution is 0.0182. The molecule has 3 aromatic rings. The number of benzene rings is 2. The molecular formula is C22H20FNO2S. The highest BCUT2D eigenvalue weighted by molar-refractivity contribution is 7.09. The van der Waals surface area contributed by atoms with E-state index in [2.05, 4.69) is 23.7 Å². The Morgan fingerprint density at radius 1 is 1.19 bits per heavy atom. The fraction of sp³-hybridized carbons (Fsp3) is 0.227. The van der Waals surface area contributed by atoms with Crippen molar-refractivity contribution in [3.63, 3.8) is 0 Å². The van der Waals surface area contributed by atoms with Crippen LogP contribution in [0.1, 0.15) is 29.5 Å². The normalized spacial score (nSPS) is 12.7. The number of halogens is 1. The minimum absolute atomic E-state index is 0.212. The Morgan fingerprint density at radius 2 is 2.04 bits per heavy atom. The molecule has 3 rings (SSSR count). The van der Waals surface area contributed by atoms with Gasteiger partial charge in [-0.25, -0.2) is 9.37 Å². The summed E-state index contributed by atoms with van der Waals surface area (Å²) in [5.74, 6) is 6.21. The van der Waals surface area contributed by atoms with Gasteiger partial charge < -0.3 is 9.47 Å². The van der Waals surface area contributed by atoms with Crippen LogP contribution >= 0.6 is 11.3 Å². The maximum atomic E-state index is 13.2. The van der Waals surface area contributed by atoms with Crippen molar-refractivity contribution in [3.05, 3.63) is 82.1 Å². The van der Waals surface area contributed by atoms with Crippen LogP contribution in [-0.2, 0) is 10.3 Å². The predicted octanol–water partition coefficient (Wildman–Crippen LogP) is 5.01. The lowest BCUT2D eigenvalue weighted by Gasteiger charge is -2.30. The average Bonchev–Trinajstić information content (AvgIpc) is 3.23. The second kappa shape index (κ2) is 8.81. The van der Waals surface area contributed by atoms with E-state index in [0.29, 0.717) is 11.3 Å². The highest BCUT2D eigenvalue weighted by atomic mass is 32.1. The number of nitrogens with zero attached hydrogens (tertiary/aromatic N) is 1. The van der Waals surface area contributed by atoms with Crippen LogP contribution in [0.3, 0.4) is 0 Å². The first-order valence-electron chi connectivity index (χ1n) is 8.61. The Balaban J connectivity index is 1.76. The fourth-order valence-corrected chi connectivity index (χ4v) is 3.82. The minimum atomic E-state index is -0.596. The summed E-state index contributed by atoms with van der Waals surface area (Å²) in [6.07, 6.45) is 2.53. The highest BCUT2D eigenvalue weighted by Gasteiger charge is 2.35. The first-order chi connectivity index (χ1) is 13.2. The molecule has 0 saturated carbocycles. The quantitative estimate of drug-likeness (QED) is 0.562. The summed E-state index contributed by atoms with van der Waals surface area (Å²) in [6, 6.07) is 14.0. The van der Waals surface area contributed by atoms with Gasteiger partial charge in [0.05, 0.1) is 0 Å². The smallest absolute Gasteiger partial charge is 0.149 e. The lowest BCUT2D eigenvalue weighted by Crippen LogP contribution is -2.29. The van der Waals surface area contributed by atoms with Gasteiger partial charge in [-0.15, -0.1) is 11.3 Å². The number of hydrogen-bond acceptors (Lipinski definition) is 4. The van der Waals surface area contributed by atoms with Crippen molar-refractivity contribution in [2.45, 2.75) is 18.9 Å². The molecule has 1 atom stereocenters. The van der Waals surface area contributed by atoms with Crippen molar-refractivity contribution >= 4 is 11.3 Å². The molecule has 0 aliphatic rings. The molecule has 3 nitrogen and oxygen atoms in total. The Bertz CT molecular complexity index is 940. The van der Waals surface area contributed by atoms with Crippen molar-refractivity contribution in [1.82, 2.24) is 4.98 Å². The molecule has 0 amide bonds. The van der Waals surface area contributed by atoms with E-state index in [1.54, 1.807) is 36.8 Å². The van der Waals surface area contributed by atoms with Gasteiger partial charge >= 0.3 is 0 Å². The Kier molecular flexibility index (Phi) is 6.23. The lowest BCUT2D eigenvalue weighted by atomic mass is 9.91. The van der Waals surface area contributed by atoms with E-state index >= 15 is 0 Å². The Hall–Kier alpha value is -2.68. The third-order valence-electron chi connectivity index (χ3n) is 4.29. The van der Waals surface area contributed by atoms with Crippen molar-refractivity contribution in [1.29, 1.82) is 0 Å². The van der Waals surface area contributed by atoms with E-state index in [1.165, 1.54) is 12.1 Å². The molecular weight excluding hydrogens is 361 g/mol. The molecule has 138 valence electrons. The van der Waals surface area contributed by atoms with Crippen LogP contribution in [0.25, 0.3) is 0 Å². The summed E-state index contributed by atoms with van der Waals surface area (Å²) in [4.78, 5) is 4.45. The van der Waals surface area contributed by atoms with Crippen LogP contribution in [0, 0.1) is 17.7 Å². The maximum Gasteiger partial charge on any atom is 0.149 e. The second-order valence-electron chi connectivity index (χ2n) is 5.85. The monoisotopic (exact) mass is 381 g/mol. The zero-order valence-corrected chi connectivity index (χ0v) is 16.1. The SMILES string of the molecule is CCC(OC)(c1cccc(OCC#Cc2cccc(F)c2)c1)c1nccs1. The molecule has 2 aromatic carbocycles. The molecule has 0 saturated heterocycles. The van der Waals surface area contributed by atoms with Gasteiger partial charge in [-0.3, -0.25) is 0 Å². The number of thiazole rings is 1. The van der Waals surface area contributed by atoms with Crippen LogP contribution in [-0.4, -0.2) is 18.7 Å². The fourth-order valence-electron chi connectivity index (χ4n) is 2.91. The third-order valence-corrected chi connectivity index (χ3v) is 5.21. The van der Waals surface area contributed by atoms with E-state index in [0.717, 1.165) is 17.0 Å². The van der Waals surface area contributed by atoms with E-state index < -0.39 is 5.60 Å². The largest absolute Gasteiger partial charge is 0.481 e. The maximum absolute atomic E-state index is 13.2. The number of aromatic nitrogens is 1. The molecule has 5 heteroatoms. The molecule has 0 aliphatic carbocycles. The number of methoxy groups -OCH3 is 1. The first-order valence-corrected chi connectivity index (χ1v) is 9.49. The number of hydrogen-bond donors (Lipinski definition) is 0. The summed E-state index contributed by atoms with van der Waals surface area (Å²) >= 11 is 1.57. The summed E-state index contributed by atoms with van der Waals surface area (Å²) in [5.41, 5.74) is 1.01. The number of ether oxygens (including phenoxy) is 2. The standard InChI is InChI=1S/C22H20FNO2S/c1-3-22(25-2,21-24-12-14-27-21)18-9-5-11-20(16-18)26-13-6-8-17-7-4-10-19(23)15-17/h4-5,7,9-12,14-16H,3,13H2,1-2H3. The van der Waals surface area contributed by atoms with Crippen molar-refractivity contribution < 1.29 is 13.9 Å². The van der Waals surface area contributed by atoms with Crippen LogP contribution in [0.4, 0.5) is 4.39 Å². The highest BCUT2D eigenvalue weighted by Crippen LogP contribution is 2.38. The van der Waals surface area contributed by atoms with Gasteiger partial charge in [0.2, 0.25) is 0 Å². The molecule has 1 unspecified atom stereocenters. The Labute approximate surface area is 162 Å². The van der Waals surface area contributed by atoms with Crippen molar-refractivity contribution in [2.24, 2.45) is 0 Å². The molecule has 0 fully saturated rings. The zero-order chi connectivity index (χ0) is 19.1. The van der Waals surface area contributed by atoms with Crippen LogP contribution < -0.4 is 4.74 Å². The van der Waals surface area contributed by atoms with Gasteiger partial charge in [0, 0.05) is 24.3 Å². The second-order valence-corrected chi connectivity index (χ2v) is 6.75. The molecule has 0 spiro atoms. The van der Waals surface area contributed by atoms with Gasteiger partial charge in [0.25, 0.3) is 0 Å². The van der Waals surface area contributed by atoms with Gasteiger partial charge in [0.15, 0.2) is 0 Å². The minimum Gasteiger partial charge on any atom is -0.481 e. The van der Waals surface area contributed by atoms with Crippen molar-refractivity contribution in [2.75, 3.05) is 13.7 Å². The zero-order valence-electron chi connectivity index (χ0n) is 15.2. The van der Waals surface area contributed by atoms with Crippen molar-refractivity contribution in [3.8, 4) is 17.6 Å². The van der Waals surface area contributed by atoms with Crippen LogP contribution in [0.15, 0.2) is 60.1 Å². The molecule has 0 bridgehead atoms. The van der Waals surface area contributed by atoms with E-state index in [9.17, 15) is 4.39 Å². The van der Waals surface area contributed by atoms with Gasteiger partial charge in [-0.1, -0.05) is 37.0 Å².